The highest BCUT2D eigenvalue weighted by Gasteiger charge is 2.15. The van der Waals surface area contributed by atoms with Crippen molar-refractivity contribution >= 4 is 28.8 Å². The quantitative estimate of drug-likeness (QED) is 0.745. The van der Waals surface area contributed by atoms with E-state index in [4.69, 9.17) is 0 Å². The van der Waals surface area contributed by atoms with Gasteiger partial charge in [-0.1, -0.05) is 34.8 Å². The third kappa shape index (κ3) is 3.64. The lowest BCUT2D eigenvalue weighted by Crippen LogP contribution is -2.22. The van der Waals surface area contributed by atoms with E-state index < -0.39 is 6.10 Å². The van der Waals surface area contributed by atoms with E-state index in [2.05, 4.69) is 14.9 Å². The maximum Gasteiger partial charge on any atom is 0.265 e. The smallest absolute Gasteiger partial charge is 0.265 e. The van der Waals surface area contributed by atoms with E-state index in [1.54, 1.807) is 6.92 Å². The summed E-state index contributed by atoms with van der Waals surface area (Å²) in [5.41, 5.74) is 1.50. The van der Waals surface area contributed by atoms with E-state index in [-0.39, 0.29) is 5.91 Å². The van der Waals surface area contributed by atoms with Crippen LogP contribution in [0.1, 0.15) is 36.8 Å². The van der Waals surface area contributed by atoms with Gasteiger partial charge in [-0.05, 0) is 36.2 Å². The minimum absolute atomic E-state index is 0.170. The van der Waals surface area contributed by atoms with Gasteiger partial charge in [0.15, 0.2) is 0 Å². The van der Waals surface area contributed by atoms with Crippen LogP contribution in [0.15, 0.2) is 42.5 Å². The summed E-state index contributed by atoms with van der Waals surface area (Å²) in [6.07, 6.45) is -0.640. The van der Waals surface area contributed by atoms with Crippen LogP contribution in [0, 0.1) is 6.92 Å². The average molecular weight is 345 g/mol. The summed E-state index contributed by atoms with van der Waals surface area (Å²) < 4.78 is 3.76. The molecule has 0 aliphatic carbocycles. The van der Waals surface area contributed by atoms with Crippen molar-refractivity contribution in [1.82, 2.24) is 14.9 Å². The number of aromatic nitrogens is 2. The van der Waals surface area contributed by atoms with Crippen LogP contribution in [0.3, 0.4) is 0 Å². The molecular formula is C16H15N3O2S2. The first-order valence-electron chi connectivity index (χ1n) is 7.04. The average Bonchev–Trinajstić information content (AvgIpc) is 3.22. The first kappa shape index (κ1) is 15.8. The third-order valence-electron chi connectivity index (χ3n) is 3.35. The van der Waals surface area contributed by atoms with E-state index in [0.29, 0.717) is 17.1 Å². The number of benzene rings is 1. The highest BCUT2D eigenvalue weighted by molar-refractivity contribution is 7.12. The van der Waals surface area contributed by atoms with Gasteiger partial charge in [0.1, 0.15) is 11.0 Å². The van der Waals surface area contributed by atoms with Gasteiger partial charge in [0.25, 0.3) is 5.91 Å². The fraction of sp³-hybridized carbons (Fsp3) is 0.188. The lowest BCUT2D eigenvalue weighted by Gasteiger charge is -2.08. The van der Waals surface area contributed by atoms with Crippen molar-refractivity contribution in [2.24, 2.45) is 0 Å². The number of nitrogens with one attached hydrogen (secondary N) is 1. The lowest BCUT2D eigenvalue weighted by atomic mass is 10.1. The van der Waals surface area contributed by atoms with Crippen molar-refractivity contribution in [3.05, 3.63) is 68.4 Å². The van der Waals surface area contributed by atoms with Gasteiger partial charge >= 0.3 is 0 Å². The van der Waals surface area contributed by atoms with Gasteiger partial charge in [0.2, 0.25) is 0 Å². The molecule has 0 bridgehead atoms. The number of nitrogens with zero attached hydrogens (tertiary/aromatic N) is 2. The molecule has 0 saturated carbocycles. The number of aliphatic hydroxyl groups is 1. The molecule has 1 aromatic carbocycles. The second-order valence-corrected chi connectivity index (χ2v) is 6.94. The number of hydrogen-bond donors (Lipinski definition) is 2. The Morgan fingerprint density at radius 3 is 2.74 bits per heavy atom. The SMILES string of the molecule is Cc1nnsc1C(=O)NCc1ccc(C(O)c2ccccc2)s1. The van der Waals surface area contributed by atoms with E-state index in [9.17, 15) is 9.90 Å². The van der Waals surface area contributed by atoms with Crippen molar-refractivity contribution in [3.8, 4) is 0 Å². The molecule has 0 spiro atoms. The molecule has 2 aromatic heterocycles. The molecule has 5 nitrogen and oxygen atoms in total. The summed E-state index contributed by atoms with van der Waals surface area (Å²) >= 11 is 2.58. The Hall–Kier alpha value is -2.09. The van der Waals surface area contributed by atoms with Crippen molar-refractivity contribution < 1.29 is 9.90 Å². The highest BCUT2D eigenvalue weighted by atomic mass is 32.1. The van der Waals surface area contributed by atoms with Crippen LogP contribution in [0.5, 0.6) is 0 Å². The summed E-state index contributed by atoms with van der Waals surface area (Å²) in [5, 5.41) is 17.1. The fourth-order valence-electron chi connectivity index (χ4n) is 2.12. The molecule has 2 heterocycles. The van der Waals surface area contributed by atoms with Gasteiger partial charge < -0.3 is 10.4 Å². The number of aliphatic hydroxyl groups excluding tert-OH is 1. The zero-order valence-electron chi connectivity index (χ0n) is 12.4. The molecule has 1 atom stereocenters. The summed E-state index contributed by atoms with van der Waals surface area (Å²) in [4.78, 5) is 14.4. The normalized spacial score (nSPS) is 12.1. The molecule has 0 aliphatic rings. The van der Waals surface area contributed by atoms with Gasteiger partial charge in [-0.15, -0.1) is 16.4 Å². The Morgan fingerprint density at radius 1 is 1.26 bits per heavy atom. The molecule has 3 aromatic rings. The zero-order valence-corrected chi connectivity index (χ0v) is 14.0. The Labute approximate surface area is 141 Å². The molecule has 23 heavy (non-hydrogen) atoms. The van der Waals surface area contributed by atoms with Crippen LogP contribution in [-0.2, 0) is 6.54 Å². The van der Waals surface area contributed by atoms with Gasteiger partial charge in [-0.3, -0.25) is 4.79 Å². The standard InChI is InChI=1S/C16H15N3O2S2/c1-10-15(23-19-18-10)16(21)17-9-12-7-8-13(22-12)14(20)11-5-3-2-4-6-11/h2-8,14,20H,9H2,1H3,(H,17,21). The van der Waals surface area contributed by atoms with E-state index in [0.717, 1.165) is 26.9 Å². The van der Waals surface area contributed by atoms with Crippen LogP contribution in [0.25, 0.3) is 0 Å². The Kier molecular flexibility index (Phi) is 4.80. The molecule has 1 unspecified atom stereocenters. The van der Waals surface area contributed by atoms with Crippen molar-refractivity contribution in [2.45, 2.75) is 19.6 Å². The summed E-state index contributed by atoms with van der Waals surface area (Å²) in [7, 11) is 0. The zero-order chi connectivity index (χ0) is 16.2. The first-order chi connectivity index (χ1) is 11.1. The van der Waals surface area contributed by atoms with Crippen LogP contribution in [0.4, 0.5) is 0 Å². The van der Waals surface area contributed by atoms with Crippen LogP contribution < -0.4 is 5.32 Å². The van der Waals surface area contributed by atoms with Gasteiger partial charge in [0, 0.05) is 9.75 Å². The number of carbonyl (C=O) groups is 1. The van der Waals surface area contributed by atoms with Crippen LogP contribution >= 0.6 is 22.9 Å². The molecular weight excluding hydrogens is 330 g/mol. The minimum Gasteiger partial charge on any atom is -0.383 e. The number of hydrogen-bond acceptors (Lipinski definition) is 6. The Morgan fingerprint density at radius 2 is 2.04 bits per heavy atom. The largest absolute Gasteiger partial charge is 0.383 e. The number of thiophene rings is 1. The number of rotatable bonds is 5. The van der Waals surface area contributed by atoms with Crippen LogP contribution in [-0.4, -0.2) is 20.6 Å². The molecule has 118 valence electrons. The van der Waals surface area contributed by atoms with E-state index >= 15 is 0 Å². The monoisotopic (exact) mass is 345 g/mol. The molecule has 3 rings (SSSR count). The fourth-order valence-corrected chi connectivity index (χ4v) is 3.66. The Balaban J connectivity index is 1.64. The second-order valence-electron chi connectivity index (χ2n) is 4.99. The number of amides is 1. The third-order valence-corrected chi connectivity index (χ3v) is 5.31. The van der Waals surface area contributed by atoms with Crippen LogP contribution in [0.2, 0.25) is 0 Å². The number of carbonyl (C=O) groups excluding carboxylic acids is 1. The molecule has 0 fully saturated rings. The summed E-state index contributed by atoms with van der Waals surface area (Å²) in [6.45, 7) is 2.18. The maximum absolute atomic E-state index is 12.0. The maximum atomic E-state index is 12.0. The second kappa shape index (κ2) is 6.99. The molecule has 2 N–H and O–H groups in total. The van der Waals surface area contributed by atoms with Crippen molar-refractivity contribution in [2.75, 3.05) is 0 Å². The molecule has 1 amide bonds. The van der Waals surface area contributed by atoms with Crippen molar-refractivity contribution in [3.63, 3.8) is 0 Å². The molecule has 0 radical (unpaired) electrons. The van der Waals surface area contributed by atoms with Gasteiger partial charge in [-0.2, -0.15) is 0 Å². The molecule has 7 heteroatoms. The van der Waals surface area contributed by atoms with Gasteiger partial charge in [-0.25, -0.2) is 0 Å². The van der Waals surface area contributed by atoms with Gasteiger partial charge in [0.05, 0.1) is 12.2 Å². The first-order valence-corrected chi connectivity index (χ1v) is 8.63. The number of aryl methyl sites for hydroxylation is 1. The summed E-state index contributed by atoms with van der Waals surface area (Å²) in [5.74, 6) is -0.170. The van der Waals surface area contributed by atoms with Crippen molar-refractivity contribution in [1.29, 1.82) is 0 Å². The minimum atomic E-state index is -0.640. The lowest BCUT2D eigenvalue weighted by molar-refractivity contribution is 0.0954. The topological polar surface area (TPSA) is 75.1 Å². The molecule has 0 saturated heterocycles. The summed E-state index contributed by atoms with van der Waals surface area (Å²) in [6, 6.07) is 13.3. The van der Waals surface area contributed by atoms with E-state index in [1.807, 2.05) is 42.5 Å². The highest BCUT2D eigenvalue weighted by Crippen LogP contribution is 2.28. The molecule has 0 aliphatic heterocycles. The van der Waals surface area contributed by atoms with E-state index in [1.165, 1.54) is 11.3 Å². The predicted molar refractivity (Wildman–Crippen MR) is 90.6 cm³/mol. The Bertz CT molecular complexity index is 799. The predicted octanol–water partition coefficient (Wildman–Crippen LogP) is 2.92.